The predicted molar refractivity (Wildman–Crippen MR) is 88.7 cm³/mol. The van der Waals surface area contributed by atoms with Gasteiger partial charge < -0.3 is 14.8 Å². The first kappa shape index (κ1) is 15.7. The Morgan fingerprint density at radius 2 is 2.12 bits per heavy atom. The normalized spacial score (nSPS) is 10.7. The summed E-state index contributed by atoms with van der Waals surface area (Å²) in [5.41, 5.74) is 1.46. The van der Waals surface area contributed by atoms with E-state index in [1.165, 1.54) is 12.1 Å². The van der Waals surface area contributed by atoms with Gasteiger partial charge >= 0.3 is 5.63 Å². The van der Waals surface area contributed by atoms with E-state index in [0.29, 0.717) is 28.6 Å². The zero-order valence-corrected chi connectivity index (χ0v) is 13.1. The molecule has 0 radical (unpaired) electrons. The second kappa shape index (κ2) is 6.54. The minimum Gasteiger partial charge on any atom is -0.508 e. The van der Waals surface area contributed by atoms with E-state index >= 15 is 0 Å². The summed E-state index contributed by atoms with van der Waals surface area (Å²) in [6.45, 7) is 2.06. The summed E-state index contributed by atoms with van der Waals surface area (Å²) in [5, 5.41) is 12.9. The number of aromatic hydroxyl groups is 1. The third-order valence-corrected chi connectivity index (χ3v) is 3.80. The lowest BCUT2D eigenvalue weighted by Gasteiger charge is -2.08. The molecule has 1 amide bonds. The molecule has 24 heavy (non-hydrogen) atoms. The molecule has 2 heterocycles. The maximum atomic E-state index is 12.1. The minimum absolute atomic E-state index is 0.0194. The topological polar surface area (TPSA) is 92.4 Å². The molecule has 0 saturated heterocycles. The first-order chi connectivity index (χ1) is 11.5. The maximum absolute atomic E-state index is 12.1. The molecule has 3 rings (SSSR count). The van der Waals surface area contributed by atoms with Gasteiger partial charge in [0.1, 0.15) is 11.3 Å². The fraction of sp³-hybridized carbons (Fsp3) is 0.167. The number of nitrogens with zero attached hydrogens (tertiary/aromatic N) is 1. The van der Waals surface area contributed by atoms with Gasteiger partial charge in [0, 0.05) is 17.6 Å². The highest BCUT2D eigenvalue weighted by molar-refractivity contribution is 5.85. The molecule has 1 aromatic carbocycles. The molecule has 6 nitrogen and oxygen atoms in total. The number of fused-ring (bicyclic) bond motifs is 1. The molecule has 2 N–H and O–H groups in total. The molecule has 0 bridgehead atoms. The molecule has 0 unspecified atom stereocenters. The van der Waals surface area contributed by atoms with E-state index < -0.39 is 5.63 Å². The molecule has 0 aliphatic carbocycles. The highest BCUT2D eigenvalue weighted by atomic mass is 16.4. The summed E-state index contributed by atoms with van der Waals surface area (Å²) < 4.78 is 5.21. The van der Waals surface area contributed by atoms with Crippen LogP contribution in [0.2, 0.25) is 0 Å². The molecule has 0 saturated carbocycles. The molecule has 3 aromatic rings. The number of pyridine rings is 1. The second-order valence-corrected chi connectivity index (χ2v) is 5.45. The number of benzene rings is 1. The summed E-state index contributed by atoms with van der Waals surface area (Å²) in [7, 11) is 0. The van der Waals surface area contributed by atoms with E-state index in [9.17, 15) is 14.7 Å². The quantitative estimate of drug-likeness (QED) is 0.717. The van der Waals surface area contributed by atoms with Gasteiger partial charge in [0.05, 0.1) is 24.2 Å². The Bertz CT molecular complexity index is 948. The monoisotopic (exact) mass is 324 g/mol. The van der Waals surface area contributed by atoms with E-state index in [-0.39, 0.29) is 18.1 Å². The van der Waals surface area contributed by atoms with E-state index in [4.69, 9.17) is 4.42 Å². The number of phenols is 1. The number of hydrogen-bond donors (Lipinski definition) is 2. The third-order valence-electron chi connectivity index (χ3n) is 3.80. The molecule has 6 heteroatoms. The lowest BCUT2D eigenvalue weighted by Crippen LogP contribution is -2.27. The smallest absolute Gasteiger partial charge is 0.340 e. The molecule has 0 aliphatic rings. The van der Waals surface area contributed by atoms with Crippen LogP contribution in [-0.2, 0) is 17.8 Å². The van der Waals surface area contributed by atoms with Crippen molar-refractivity contribution in [1.29, 1.82) is 0 Å². The van der Waals surface area contributed by atoms with Crippen LogP contribution in [0.3, 0.4) is 0 Å². The van der Waals surface area contributed by atoms with E-state index in [1.54, 1.807) is 25.3 Å². The Morgan fingerprint density at radius 3 is 2.88 bits per heavy atom. The lowest BCUT2D eigenvalue weighted by atomic mass is 10.0. The largest absolute Gasteiger partial charge is 0.508 e. The first-order valence-electron chi connectivity index (χ1n) is 7.46. The maximum Gasteiger partial charge on any atom is 0.340 e. The average Bonchev–Trinajstić information content (AvgIpc) is 2.57. The number of carbonyl (C=O) groups excluding carboxylic acids is 1. The number of nitrogens with one attached hydrogen (secondary N) is 1. The Kier molecular flexibility index (Phi) is 4.29. The first-order valence-corrected chi connectivity index (χ1v) is 7.46. The van der Waals surface area contributed by atoms with Gasteiger partial charge in [0.15, 0.2) is 0 Å². The zero-order chi connectivity index (χ0) is 17.1. The van der Waals surface area contributed by atoms with Crippen LogP contribution in [0.4, 0.5) is 0 Å². The lowest BCUT2D eigenvalue weighted by molar-refractivity contribution is -0.120. The van der Waals surface area contributed by atoms with E-state index in [0.717, 1.165) is 5.69 Å². The van der Waals surface area contributed by atoms with Crippen LogP contribution < -0.4 is 10.9 Å². The van der Waals surface area contributed by atoms with Crippen molar-refractivity contribution in [3.8, 4) is 5.75 Å². The molecule has 0 fully saturated rings. The third kappa shape index (κ3) is 3.27. The highest BCUT2D eigenvalue weighted by Crippen LogP contribution is 2.23. The van der Waals surface area contributed by atoms with Gasteiger partial charge in [0.2, 0.25) is 5.91 Å². The number of rotatable bonds is 4. The summed E-state index contributed by atoms with van der Waals surface area (Å²) in [4.78, 5) is 28.4. The van der Waals surface area contributed by atoms with Gasteiger partial charge in [0.25, 0.3) is 0 Å². The van der Waals surface area contributed by atoms with E-state index in [2.05, 4.69) is 10.3 Å². The van der Waals surface area contributed by atoms with Crippen LogP contribution in [0, 0.1) is 6.92 Å². The number of aromatic nitrogens is 1. The van der Waals surface area contributed by atoms with Crippen molar-refractivity contribution < 1.29 is 14.3 Å². The molecule has 0 atom stereocenters. The summed E-state index contributed by atoms with van der Waals surface area (Å²) in [5.74, 6) is -0.264. The minimum atomic E-state index is -0.571. The Balaban J connectivity index is 1.80. The van der Waals surface area contributed by atoms with Crippen LogP contribution in [0.25, 0.3) is 11.0 Å². The number of aryl methyl sites for hydroxylation is 1. The van der Waals surface area contributed by atoms with Crippen molar-refractivity contribution in [2.75, 3.05) is 0 Å². The average molecular weight is 324 g/mol. The Hall–Kier alpha value is -3.15. The molecule has 122 valence electrons. The fourth-order valence-corrected chi connectivity index (χ4v) is 2.50. The van der Waals surface area contributed by atoms with Crippen LogP contribution in [0.15, 0.2) is 51.8 Å². The second-order valence-electron chi connectivity index (χ2n) is 5.45. The molecule has 2 aromatic heterocycles. The highest BCUT2D eigenvalue weighted by Gasteiger charge is 2.15. The van der Waals surface area contributed by atoms with Crippen molar-refractivity contribution in [3.63, 3.8) is 0 Å². The predicted octanol–water partition coefficient (Wildman–Crippen LogP) is 2.06. The van der Waals surface area contributed by atoms with Gasteiger partial charge in [-0.15, -0.1) is 0 Å². The van der Waals surface area contributed by atoms with E-state index in [1.807, 2.05) is 12.1 Å². The van der Waals surface area contributed by atoms with Gasteiger partial charge in [-0.25, -0.2) is 4.79 Å². The Labute approximate surface area is 137 Å². The molecule has 0 spiro atoms. The summed E-state index contributed by atoms with van der Waals surface area (Å²) in [6.07, 6.45) is 1.58. The van der Waals surface area contributed by atoms with Crippen molar-refractivity contribution >= 4 is 16.9 Å². The molecular weight excluding hydrogens is 308 g/mol. The van der Waals surface area contributed by atoms with Crippen molar-refractivity contribution in [2.24, 2.45) is 0 Å². The zero-order valence-electron chi connectivity index (χ0n) is 13.1. The van der Waals surface area contributed by atoms with Gasteiger partial charge in [-0.2, -0.15) is 0 Å². The number of hydrogen-bond acceptors (Lipinski definition) is 5. The van der Waals surface area contributed by atoms with Crippen LogP contribution in [-0.4, -0.2) is 16.0 Å². The van der Waals surface area contributed by atoms with Gasteiger partial charge in [-0.3, -0.25) is 9.78 Å². The Morgan fingerprint density at radius 1 is 1.29 bits per heavy atom. The number of amides is 1. The van der Waals surface area contributed by atoms with Crippen LogP contribution >= 0.6 is 0 Å². The SMILES string of the molecule is Cc1c(CC(=O)NCc2ccccn2)c(=O)oc2cc(O)ccc12. The van der Waals surface area contributed by atoms with Gasteiger partial charge in [-0.1, -0.05) is 6.07 Å². The summed E-state index contributed by atoms with van der Waals surface area (Å²) >= 11 is 0. The number of carbonyl (C=O) groups is 1. The van der Waals surface area contributed by atoms with Crippen LogP contribution in [0.1, 0.15) is 16.8 Å². The van der Waals surface area contributed by atoms with Crippen molar-refractivity contribution in [3.05, 3.63) is 69.8 Å². The molecular formula is C18H16N2O4. The molecule has 0 aliphatic heterocycles. The van der Waals surface area contributed by atoms with Gasteiger partial charge in [-0.05, 0) is 36.8 Å². The van der Waals surface area contributed by atoms with Crippen molar-refractivity contribution in [1.82, 2.24) is 10.3 Å². The van der Waals surface area contributed by atoms with Crippen LogP contribution in [0.5, 0.6) is 5.75 Å². The summed E-state index contributed by atoms with van der Waals surface area (Å²) in [6, 6.07) is 10.0. The fourth-order valence-electron chi connectivity index (χ4n) is 2.50. The standard InChI is InChI=1S/C18H16N2O4/c1-11-14-6-5-13(21)8-16(14)24-18(23)15(11)9-17(22)20-10-12-4-2-3-7-19-12/h2-8,21H,9-10H2,1H3,(H,20,22). The number of phenolic OH excluding ortho intramolecular Hbond substituents is 1. The van der Waals surface area contributed by atoms with Crippen molar-refractivity contribution in [2.45, 2.75) is 19.9 Å².